The fraction of sp³-hybridized carbons (Fsp3) is 0.115. The quantitative estimate of drug-likeness (QED) is 0.469. The Hall–Kier alpha value is -3.79. The summed E-state index contributed by atoms with van der Waals surface area (Å²) in [6, 6.07) is 29.7. The number of phenols is 1. The first-order valence-corrected chi connectivity index (χ1v) is 9.91. The molecule has 150 valence electrons. The van der Waals surface area contributed by atoms with Gasteiger partial charge in [0, 0.05) is 5.56 Å². The molecule has 0 heterocycles. The number of carbonyl (C=O) groups excluding carboxylic acids is 1. The van der Waals surface area contributed by atoms with Gasteiger partial charge in [-0.15, -0.1) is 0 Å². The number of phenolic OH excluding ortho intramolecular Hbond substituents is 1. The number of fused-ring (bicyclic) bond motifs is 1. The van der Waals surface area contributed by atoms with Gasteiger partial charge in [0.2, 0.25) is 0 Å². The van der Waals surface area contributed by atoms with Crippen molar-refractivity contribution in [2.75, 3.05) is 0 Å². The summed E-state index contributed by atoms with van der Waals surface area (Å²) >= 11 is 0. The van der Waals surface area contributed by atoms with Gasteiger partial charge in [0.25, 0.3) is 5.91 Å². The molecule has 0 saturated heterocycles. The van der Waals surface area contributed by atoms with E-state index in [0.717, 1.165) is 16.3 Å². The summed E-state index contributed by atoms with van der Waals surface area (Å²) in [5.74, 6) is 0.504. The Morgan fingerprint density at radius 1 is 0.833 bits per heavy atom. The fourth-order valence-corrected chi connectivity index (χ4v) is 3.57. The molecular formula is C26H23NO3. The maximum absolute atomic E-state index is 13.0. The normalized spacial score (nSPS) is 12.8. The second-order valence-corrected chi connectivity index (χ2v) is 7.14. The highest BCUT2D eigenvalue weighted by molar-refractivity contribution is 5.90. The second-order valence-electron chi connectivity index (χ2n) is 7.14. The van der Waals surface area contributed by atoms with Gasteiger partial charge >= 0.3 is 0 Å². The third-order valence-electron chi connectivity index (χ3n) is 5.08. The van der Waals surface area contributed by atoms with Crippen LogP contribution in [0.1, 0.15) is 24.1 Å². The summed E-state index contributed by atoms with van der Waals surface area (Å²) in [5.41, 5.74) is 1.55. The molecule has 0 aliphatic heterocycles. The Bertz CT molecular complexity index is 1140. The lowest BCUT2D eigenvalue weighted by Crippen LogP contribution is -2.39. The molecule has 2 unspecified atom stereocenters. The zero-order chi connectivity index (χ0) is 20.9. The number of aromatic hydroxyl groups is 1. The fourth-order valence-electron chi connectivity index (χ4n) is 3.57. The third kappa shape index (κ3) is 4.13. The highest BCUT2D eigenvalue weighted by Crippen LogP contribution is 2.35. The van der Waals surface area contributed by atoms with E-state index in [-0.39, 0.29) is 11.7 Å². The molecule has 0 aromatic heterocycles. The first kappa shape index (κ1) is 19.5. The van der Waals surface area contributed by atoms with Gasteiger partial charge in [-0.25, -0.2) is 0 Å². The monoisotopic (exact) mass is 397 g/mol. The van der Waals surface area contributed by atoms with E-state index in [2.05, 4.69) is 5.32 Å². The zero-order valence-electron chi connectivity index (χ0n) is 16.7. The SMILES string of the molecule is CC(Oc1ccccc1)C(=O)NC(c1ccccc1)c1c(O)ccc2ccccc12. The van der Waals surface area contributed by atoms with Crippen LogP contribution in [-0.4, -0.2) is 17.1 Å². The summed E-state index contributed by atoms with van der Waals surface area (Å²) in [7, 11) is 0. The predicted octanol–water partition coefficient (Wildman–Crippen LogP) is 5.22. The molecule has 0 saturated carbocycles. The van der Waals surface area contributed by atoms with Gasteiger partial charge in [0.05, 0.1) is 6.04 Å². The van der Waals surface area contributed by atoms with E-state index in [1.165, 1.54) is 0 Å². The van der Waals surface area contributed by atoms with Crippen molar-refractivity contribution in [3.05, 3.63) is 108 Å². The van der Waals surface area contributed by atoms with Crippen molar-refractivity contribution >= 4 is 16.7 Å². The van der Waals surface area contributed by atoms with Crippen molar-refractivity contribution in [3.8, 4) is 11.5 Å². The molecule has 0 spiro atoms. The zero-order valence-corrected chi connectivity index (χ0v) is 16.7. The molecule has 4 nitrogen and oxygen atoms in total. The van der Waals surface area contributed by atoms with Crippen LogP contribution in [0.3, 0.4) is 0 Å². The van der Waals surface area contributed by atoms with Crippen LogP contribution in [0, 0.1) is 0 Å². The molecule has 4 rings (SSSR count). The van der Waals surface area contributed by atoms with Crippen molar-refractivity contribution in [2.24, 2.45) is 0 Å². The minimum atomic E-state index is -0.698. The number of hydrogen-bond acceptors (Lipinski definition) is 3. The number of ether oxygens (including phenoxy) is 1. The molecule has 0 bridgehead atoms. The first-order chi connectivity index (χ1) is 14.6. The summed E-state index contributed by atoms with van der Waals surface area (Å²) in [6.45, 7) is 1.72. The summed E-state index contributed by atoms with van der Waals surface area (Å²) < 4.78 is 5.79. The van der Waals surface area contributed by atoms with E-state index in [1.54, 1.807) is 13.0 Å². The lowest BCUT2D eigenvalue weighted by Gasteiger charge is -2.24. The minimum Gasteiger partial charge on any atom is -0.508 e. The Morgan fingerprint density at radius 2 is 1.47 bits per heavy atom. The number of nitrogens with one attached hydrogen (secondary N) is 1. The van der Waals surface area contributed by atoms with E-state index < -0.39 is 12.1 Å². The number of benzene rings is 4. The highest BCUT2D eigenvalue weighted by atomic mass is 16.5. The van der Waals surface area contributed by atoms with Gasteiger partial charge in [-0.1, -0.05) is 78.9 Å². The standard InChI is InChI=1S/C26H23NO3/c1-18(30-21-13-6-3-7-14-21)26(29)27-25(20-11-4-2-5-12-20)24-22-15-9-8-10-19(22)16-17-23(24)28/h2-18,25,28H,1H3,(H,27,29). The third-order valence-corrected chi connectivity index (χ3v) is 5.08. The van der Waals surface area contributed by atoms with E-state index >= 15 is 0 Å². The summed E-state index contributed by atoms with van der Waals surface area (Å²) in [6.07, 6.45) is -0.698. The Balaban J connectivity index is 1.70. The van der Waals surface area contributed by atoms with Crippen LogP contribution in [0.25, 0.3) is 10.8 Å². The Labute approximate surface area is 175 Å². The average Bonchev–Trinajstić information content (AvgIpc) is 2.79. The van der Waals surface area contributed by atoms with Crippen molar-refractivity contribution in [1.29, 1.82) is 0 Å². The lowest BCUT2D eigenvalue weighted by molar-refractivity contribution is -0.127. The van der Waals surface area contributed by atoms with Gasteiger partial charge in [-0.3, -0.25) is 4.79 Å². The van der Waals surface area contributed by atoms with Crippen LogP contribution in [-0.2, 0) is 4.79 Å². The van der Waals surface area contributed by atoms with E-state index in [1.807, 2.05) is 91.0 Å². The molecular weight excluding hydrogens is 374 g/mol. The number of amides is 1. The molecule has 1 amide bonds. The van der Waals surface area contributed by atoms with E-state index in [4.69, 9.17) is 4.74 Å². The van der Waals surface area contributed by atoms with Crippen molar-refractivity contribution in [2.45, 2.75) is 19.1 Å². The van der Waals surface area contributed by atoms with Crippen LogP contribution in [0.2, 0.25) is 0 Å². The number of carbonyl (C=O) groups is 1. The van der Waals surface area contributed by atoms with Crippen molar-refractivity contribution in [3.63, 3.8) is 0 Å². The van der Waals surface area contributed by atoms with Crippen molar-refractivity contribution < 1.29 is 14.6 Å². The molecule has 2 atom stereocenters. The highest BCUT2D eigenvalue weighted by Gasteiger charge is 2.25. The lowest BCUT2D eigenvalue weighted by atomic mass is 9.92. The summed E-state index contributed by atoms with van der Waals surface area (Å²) in [5, 5.41) is 15.7. The number of rotatable bonds is 6. The largest absolute Gasteiger partial charge is 0.508 e. The molecule has 0 aliphatic rings. The van der Waals surface area contributed by atoms with Crippen molar-refractivity contribution in [1.82, 2.24) is 5.32 Å². The molecule has 4 aromatic rings. The molecule has 0 aliphatic carbocycles. The smallest absolute Gasteiger partial charge is 0.261 e. The first-order valence-electron chi connectivity index (χ1n) is 9.91. The maximum Gasteiger partial charge on any atom is 0.261 e. The molecule has 4 aromatic carbocycles. The molecule has 0 radical (unpaired) electrons. The maximum atomic E-state index is 13.0. The van der Waals surface area contributed by atoms with Gasteiger partial charge in [0.15, 0.2) is 6.10 Å². The second kappa shape index (κ2) is 8.70. The average molecular weight is 397 g/mol. The van der Waals surface area contributed by atoms with Crippen LogP contribution >= 0.6 is 0 Å². The molecule has 0 fully saturated rings. The van der Waals surface area contributed by atoms with Gasteiger partial charge in [-0.2, -0.15) is 0 Å². The molecule has 2 N–H and O–H groups in total. The van der Waals surface area contributed by atoms with Gasteiger partial charge in [0.1, 0.15) is 11.5 Å². The van der Waals surface area contributed by atoms with E-state index in [0.29, 0.717) is 11.3 Å². The van der Waals surface area contributed by atoms with E-state index in [9.17, 15) is 9.90 Å². The molecule has 30 heavy (non-hydrogen) atoms. The topological polar surface area (TPSA) is 58.6 Å². The minimum absolute atomic E-state index is 0.138. The predicted molar refractivity (Wildman–Crippen MR) is 119 cm³/mol. The van der Waals surface area contributed by atoms with Crippen LogP contribution in [0.15, 0.2) is 97.1 Å². The number of para-hydroxylation sites is 1. The van der Waals surface area contributed by atoms with Crippen LogP contribution in [0.5, 0.6) is 11.5 Å². The molecule has 4 heteroatoms. The Kier molecular flexibility index (Phi) is 5.66. The summed E-state index contributed by atoms with van der Waals surface area (Å²) in [4.78, 5) is 13.0. The van der Waals surface area contributed by atoms with Gasteiger partial charge < -0.3 is 15.2 Å². The number of hydrogen-bond donors (Lipinski definition) is 2. The van der Waals surface area contributed by atoms with Gasteiger partial charge in [-0.05, 0) is 41.5 Å². The van der Waals surface area contributed by atoms with Crippen LogP contribution < -0.4 is 10.1 Å². The van der Waals surface area contributed by atoms with Crippen LogP contribution in [0.4, 0.5) is 0 Å². The Morgan fingerprint density at radius 3 is 2.20 bits per heavy atom.